The Labute approximate surface area is 89.5 Å². The molecule has 0 unspecified atom stereocenters. The molecule has 0 fully saturated rings. The molecule has 0 saturated carbocycles. The summed E-state index contributed by atoms with van der Waals surface area (Å²) in [6.07, 6.45) is 2.86. The number of hydrogen-bond donors (Lipinski definition) is 4. The molecule has 0 aliphatic carbocycles. The molecule has 0 amide bonds. The summed E-state index contributed by atoms with van der Waals surface area (Å²) >= 11 is 0. The Hall–Kier alpha value is -1.49. The van der Waals surface area contributed by atoms with Gasteiger partial charge in [0.25, 0.3) is 0 Å². The van der Waals surface area contributed by atoms with Crippen LogP contribution < -0.4 is 16.8 Å². The second-order valence-corrected chi connectivity index (χ2v) is 3.38. The molecule has 1 aromatic rings. The number of unbranched alkanes of at least 4 members (excludes halogenated alkanes) is 2. The number of aliphatic hydroxyl groups excluding tert-OH is 1. The topological polar surface area (TPSA) is 97.2 Å². The minimum atomic E-state index is 0.257. The first-order valence-corrected chi connectivity index (χ1v) is 5.11. The lowest BCUT2D eigenvalue weighted by molar-refractivity contribution is 0.283. The van der Waals surface area contributed by atoms with E-state index in [1.54, 1.807) is 12.1 Å². The van der Waals surface area contributed by atoms with Gasteiger partial charge in [0.15, 0.2) is 0 Å². The average Bonchev–Trinajstić information content (AvgIpc) is 2.23. The molecule has 5 nitrogen and oxygen atoms in total. The Bertz CT molecular complexity index is 303. The molecule has 0 bridgehead atoms. The van der Waals surface area contributed by atoms with Crippen molar-refractivity contribution in [1.82, 2.24) is 4.98 Å². The molecule has 1 rings (SSSR count). The van der Waals surface area contributed by atoms with Crippen LogP contribution in [-0.2, 0) is 0 Å². The third kappa shape index (κ3) is 4.03. The van der Waals surface area contributed by atoms with Crippen LogP contribution in [0.4, 0.5) is 17.3 Å². The lowest BCUT2D eigenvalue weighted by Gasteiger charge is -2.06. The molecule has 5 heteroatoms. The summed E-state index contributed by atoms with van der Waals surface area (Å²) in [4.78, 5) is 4.08. The Morgan fingerprint density at radius 3 is 2.67 bits per heavy atom. The van der Waals surface area contributed by atoms with E-state index in [-0.39, 0.29) is 6.61 Å². The van der Waals surface area contributed by atoms with Crippen molar-refractivity contribution in [2.75, 3.05) is 29.9 Å². The highest BCUT2D eigenvalue weighted by Gasteiger charge is 1.97. The van der Waals surface area contributed by atoms with Crippen LogP contribution in [0.5, 0.6) is 0 Å². The van der Waals surface area contributed by atoms with E-state index in [1.807, 2.05) is 0 Å². The SMILES string of the molecule is Nc1ccc(NCCCCCO)nc1N. The van der Waals surface area contributed by atoms with E-state index >= 15 is 0 Å². The number of pyridine rings is 1. The highest BCUT2D eigenvalue weighted by Crippen LogP contribution is 2.14. The average molecular weight is 210 g/mol. The fourth-order valence-corrected chi connectivity index (χ4v) is 1.21. The molecule has 0 radical (unpaired) electrons. The Balaban J connectivity index is 2.28. The van der Waals surface area contributed by atoms with Gasteiger partial charge in [-0.3, -0.25) is 0 Å². The molecule has 1 heterocycles. The van der Waals surface area contributed by atoms with Gasteiger partial charge >= 0.3 is 0 Å². The molecule has 6 N–H and O–H groups in total. The van der Waals surface area contributed by atoms with E-state index < -0.39 is 0 Å². The largest absolute Gasteiger partial charge is 0.396 e. The van der Waals surface area contributed by atoms with Gasteiger partial charge in [-0.1, -0.05) is 0 Å². The number of nitrogens with two attached hydrogens (primary N) is 2. The van der Waals surface area contributed by atoms with Crippen LogP contribution in [0.2, 0.25) is 0 Å². The van der Waals surface area contributed by atoms with Crippen molar-refractivity contribution in [2.45, 2.75) is 19.3 Å². The number of aliphatic hydroxyl groups is 1. The summed E-state index contributed by atoms with van der Waals surface area (Å²) < 4.78 is 0. The first kappa shape index (κ1) is 11.6. The minimum absolute atomic E-state index is 0.257. The smallest absolute Gasteiger partial charge is 0.149 e. The fraction of sp³-hybridized carbons (Fsp3) is 0.500. The number of anilines is 3. The minimum Gasteiger partial charge on any atom is -0.396 e. The standard InChI is InChI=1S/C10H18N4O/c11-8-4-5-9(14-10(8)12)13-6-2-1-3-7-15/h4-5,15H,1-3,6-7,11H2,(H3,12,13,14). The van der Waals surface area contributed by atoms with Crippen molar-refractivity contribution >= 4 is 17.3 Å². The van der Waals surface area contributed by atoms with Gasteiger partial charge in [-0.2, -0.15) is 0 Å². The van der Waals surface area contributed by atoms with Gasteiger partial charge in [-0.15, -0.1) is 0 Å². The van der Waals surface area contributed by atoms with Crippen molar-refractivity contribution in [3.05, 3.63) is 12.1 Å². The number of nitrogen functional groups attached to an aromatic ring is 2. The molecule has 0 saturated heterocycles. The summed E-state index contributed by atoms with van der Waals surface area (Å²) in [6.45, 7) is 1.09. The summed E-state index contributed by atoms with van der Waals surface area (Å²) in [7, 11) is 0. The van der Waals surface area contributed by atoms with E-state index in [0.717, 1.165) is 31.6 Å². The summed E-state index contributed by atoms with van der Waals surface area (Å²) in [6, 6.07) is 3.54. The third-order valence-electron chi connectivity index (χ3n) is 2.10. The van der Waals surface area contributed by atoms with Crippen LogP contribution in [0.3, 0.4) is 0 Å². The molecule has 84 valence electrons. The van der Waals surface area contributed by atoms with E-state index in [9.17, 15) is 0 Å². The quantitative estimate of drug-likeness (QED) is 0.521. The zero-order chi connectivity index (χ0) is 11.1. The first-order valence-electron chi connectivity index (χ1n) is 5.11. The Morgan fingerprint density at radius 1 is 1.20 bits per heavy atom. The van der Waals surface area contributed by atoms with Crippen LogP contribution in [0.25, 0.3) is 0 Å². The van der Waals surface area contributed by atoms with Crippen LogP contribution in [-0.4, -0.2) is 23.2 Å². The van der Waals surface area contributed by atoms with Crippen molar-refractivity contribution in [3.8, 4) is 0 Å². The maximum absolute atomic E-state index is 8.59. The zero-order valence-corrected chi connectivity index (χ0v) is 8.74. The molecule has 0 aliphatic heterocycles. The second kappa shape index (κ2) is 6.08. The number of nitrogens with one attached hydrogen (secondary N) is 1. The van der Waals surface area contributed by atoms with Gasteiger partial charge in [-0.05, 0) is 31.4 Å². The van der Waals surface area contributed by atoms with E-state index in [0.29, 0.717) is 11.5 Å². The van der Waals surface area contributed by atoms with Crippen LogP contribution in [0, 0.1) is 0 Å². The van der Waals surface area contributed by atoms with Crippen LogP contribution in [0.15, 0.2) is 12.1 Å². The van der Waals surface area contributed by atoms with Crippen LogP contribution >= 0.6 is 0 Å². The molecule has 0 aromatic carbocycles. The highest BCUT2D eigenvalue weighted by molar-refractivity contribution is 5.61. The Kier molecular flexibility index (Phi) is 4.70. The second-order valence-electron chi connectivity index (χ2n) is 3.38. The van der Waals surface area contributed by atoms with Gasteiger partial charge in [0.1, 0.15) is 11.6 Å². The normalized spacial score (nSPS) is 10.2. The molecule has 0 spiro atoms. The van der Waals surface area contributed by atoms with Crippen molar-refractivity contribution < 1.29 is 5.11 Å². The van der Waals surface area contributed by atoms with Crippen molar-refractivity contribution in [3.63, 3.8) is 0 Å². The molecule has 0 atom stereocenters. The molecule has 0 aliphatic rings. The fourth-order valence-electron chi connectivity index (χ4n) is 1.21. The van der Waals surface area contributed by atoms with Gasteiger partial charge in [0, 0.05) is 13.2 Å². The third-order valence-corrected chi connectivity index (χ3v) is 2.10. The van der Waals surface area contributed by atoms with Gasteiger partial charge in [0.2, 0.25) is 0 Å². The van der Waals surface area contributed by atoms with E-state index in [2.05, 4.69) is 10.3 Å². The Morgan fingerprint density at radius 2 is 2.00 bits per heavy atom. The van der Waals surface area contributed by atoms with E-state index in [4.69, 9.17) is 16.6 Å². The maximum atomic E-state index is 8.59. The summed E-state index contributed by atoms with van der Waals surface area (Å²) in [5.41, 5.74) is 11.6. The zero-order valence-electron chi connectivity index (χ0n) is 8.74. The molecule has 15 heavy (non-hydrogen) atoms. The number of rotatable bonds is 6. The predicted octanol–water partition coefficient (Wildman–Crippen LogP) is 0.821. The number of nitrogens with zero attached hydrogens (tertiary/aromatic N) is 1. The van der Waals surface area contributed by atoms with Gasteiger partial charge in [-0.25, -0.2) is 4.98 Å². The maximum Gasteiger partial charge on any atom is 0.149 e. The van der Waals surface area contributed by atoms with Crippen molar-refractivity contribution in [2.24, 2.45) is 0 Å². The van der Waals surface area contributed by atoms with Gasteiger partial charge < -0.3 is 21.9 Å². The predicted molar refractivity (Wildman–Crippen MR) is 62.5 cm³/mol. The van der Waals surface area contributed by atoms with Crippen molar-refractivity contribution in [1.29, 1.82) is 0 Å². The molecule has 1 aromatic heterocycles. The first-order chi connectivity index (χ1) is 7.24. The monoisotopic (exact) mass is 210 g/mol. The summed E-state index contributed by atoms with van der Waals surface area (Å²) in [5, 5.41) is 11.7. The van der Waals surface area contributed by atoms with Gasteiger partial charge in [0.05, 0.1) is 5.69 Å². The van der Waals surface area contributed by atoms with Crippen LogP contribution in [0.1, 0.15) is 19.3 Å². The molecular weight excluding hydrogens is 192 g/mol. The van der Waals surface area contributed by atoms with E-state index in [1.165, 1.54) is 0 Å². The lowest BCUT2D eigenvalue weighted by atomic mass is 10.2. The highest BCUT2D eigenvalue weighted by atomic mass is 16.2. The number of aromatic nitrogens is 1. The summed E-state index contributed by atoms with van der Waals surface area (Å²) in [5.74, 6) is 1.10. The lowest BCUT2D eigenvalue weighted by Crippen LogP contribution is -2.06. The number of hydrogen-bond acceptors (Lipinski definition) is 5. The molecular formula is C10H18N4O.